The van der Waals surface area contributed by atoms with E-state index in [-0.39, 0.29) is 53.9 Å². The van der Waals surface area contributed by atoms with Crippen LogP contribution >= 0.6 is 121 Å². The number of amides is 2. The van der Waals surface area contributed by atoms with E-state index >= 15 is 0 Å². The summed E-state index contributed by atoms with van der Waals surface area (Å²) in [6.07, 6.45) is 3.22. The van der Waals surface area contributed by atoms with Gasteiger partial charge >= 0.3 is 62.4 Å². The van der Waals surface area contributed by atoms with Crippen LogP contribution in [0.5, 0.6) is 0 Å². The molecule has 2 heterocycles. The summed E-state index contributed by atoms with van der Waals surface area (Å²) in [5, 5.41) is 28.1. The number of carbonyl (C=O) groups excluding carboxylic acids is 2. The number of aliphatic carboxylic acids is 2. The van der Waals surface area contributed by atoms with Crippen LogP contribution in [0.3, 0.4) is 0 Å². The Kier molecular flexibility index (Phi) is 25.2. The number of hydrogen-bond acceptors (Lipinski definition) is 10. The molecule has 0 saturated heterocycles. The number of carboxylic acids is 2. The van der Waals surface area contributed by atoms with E-state index in [0.29, 0.717) is 56.9 Å². The van der Waals surface area contributed by atoms with Gasteiger partial charge in [-0.25, -0.2) is 26.4 Å². The molecule has 5 N–H and O–H groups in total. The molecule has 0 spiro atoms. The van der Waals surface area contributed by atoms with Crippen molar-refractivity contribution in [2.24, 2.45) is 0 Å². The van der Waals surface area contributed by atoms with Crippen molar-refractivity contribution >= 4 is 164 Å². The standard InChI is InChI=1S/C21H22Cl2N2O5S.C20H20Cl2N2O5S.I3.I2/c1-25-7-6-15-13(11-25)10-16(22)18(19(15)23)20(26)24-17(21(27)28)9-12-4-3-5-14(8-12)31(2,29)30;1-30(28,29)13-4-2-3-11(7-13)8-16(20(26)27)24-19(25)17-15(21)9-12-10-23-6-5-14(12)18(17)22;1-3-2;1-2/h3-5,8,10,17H,6-7,9,11H2,1-2H3,(H,24,26)(H,27,28);2-4,7,9,16,23H,5-6,8,10H2,1H3,(H,24,25)(H,26,27);;/q;;-1;/t17-;16-;;/m00../s1. The van der Waals surface area contributed by atoms with E-state index in [2.05, 4.69) is 95.3 Å². The first-order chi connectivity index (χ1) is 31.0. The first kappa shape index (κ1) is 59.7. The van der Waals surface area contributed by atoms with E-state index in [0.717, 1.165) is 41.3 Å². The Hall–Kier alpha value is -0.610. The second-order valence-corrected chi connectivity index (χ2v) is 36.7. The summed E-state index contributed by atoms with van der Waals surface area (Å²) < 4.78 is 47.0. The molecule has 0 fully saturated rings. The number of carboxylic acid groups (broad SMARTS) is 2. The van der Waals surface area contributed by atoms with E-state index in [1.54, 1.807) is 24.3 Å². The monoisotopic (exact) mass is 1590 g/mol. The second kappa shape index (κ2) is 27.8. The summed E-state index contributed by atoms with van der Waals surface area (Å²) in [5.41, 5.74) is 4.49. The van der Waals surface area contributed by atoms with Crippen LogP contribution in [0.15, 0.2) is 70.5 Å². The molecule has 2 amide bonds. The van der Waals surface area contributed by atoms with Gasteiger partial charge in [-0.15, -0.1) is 0 Å². The third-order valence-electron chi connectivity index (χ3n) is 10.1. The molecular weight excluding hydrogens is 1550 g/mol. The van der Waals surface area contributed by atoms with Crippen LogP contribution in [0.2, 0.25) is 20.1 Å². The number of likely N-dealkylation sites (N-methyl/N-ethyl adjacent to an activating group) is 1. The fourth-order valence-corrected chi connectivity index (χ4v) is 9.83. The fourth-order valence-electron chi connectivity index (χ4n) is 6.92. The summed E-state index contributed by atoms with van der Waals surface area (Å²) in [4.78, 5) is 51.6. The van der Waals surface area contributed by atoms with Gasteiger partial charge in [0.1, 0.15) is 12.1 Å². The van der Waals surface area contributed by atoms with Gasteiger partial charge < -0.3 is 31.1 Å². The van der Waals surface area contributed by atoms with Crippen molar-refractivity contribution in [3.8, 4) is 0 Å². The second-order valence-electron chi connectivity index (χ2n) is 14.8. The van der Waals surface area contributed by atoms with Gasteiger partial charge in [0.2, 0.25) is 0 Å². The molecule has 0 saturated carbocycles. The Labute approximate surface area is 456 Å². The van der Waals surface area contributed by atoms with Crippen molar-refractivity contribution in [1.82, 2.24) is 20.9 Å². The number of fused-ring (bicyclic) bond motifs is 2. The van der Waals surface area contributed by atoms with Crippen molar-refractivity contribution in [3.63, 3.8) is 0 Å². The summed E-state index contributed by atoms with van der Waals surface area (Å²) in [6.45, 7) is 2.74. The summed E-state index contributed by atoms with van der Waals surface area (Å²) >= 11 is 35.1. The van der Waals surface area contributed by atoms with Crippen LogP contribution in [-0.2, 0) is 68.0 Å². The predicted molar refractivity (Wildman–Crippen MR) is 289 cm³/mol. The number of hydrogen-bond donors (Lipinski definition) is 5. The zero-order valence-corrected chi connectivity index (χ0v) is 50.4. The van der Waals surface area contributed by atoms with E-state index in [4.69, 9.17) is 46.4 Å². The van der Waals surface area contributed by atoms with Crippen molar-refractivity contribution in [2.45, 2.75) is 60.6 Å². The third kappa shape index (κ3) is 17.3. The average molecular weight is 1590 g/mol. The molecule has 6 rings (SSSR count). The molecule has 0 radical (unpaired) electrons. The molecule has 66 heavy (non-hydrogen) atoms. The van der Waals surface area contributed by atoms with Gasteiger partial charge in [0.25, 0.3) is 11.8 Å². The number of nitrogens with one attached hydrogen (secondary N) is 3. The fraction of sp³-hybridized carbons (Fsp3) is 0.317. The average Bonchev–Trinajstić information content (AvgIpc) is 3.24. The number of nitrogens with zero attached hydrogens (tertiary/aromatic N) is 1. The van der Waals surface area contributed by atoms with Crippen molar-refractivity contribution in [3.05, 3.63) is 125 Å². The van der Waals surface area contributed by atoms with Crippen molar-refractivity contribution in [1.29, 1.82) is 0 Å². The van der Waals surface area contributed by atoms with E-state index < -0.39 is 55.5 Å². The Balaban J connectivity index is 0.000000319. The Bertz CT molecular complexity index is 2670. The van der Waals surface area contributed by atoms with E-state index in [1.165, 1.54) is 36.4 Å². The zero-order chi connectivity index (χ0) is 49.7. The number of halogens is 9. The molecule has 0 bridgehead atoms. The number of rotatable bonds is 12. The molecule has 2 aliphatic rings. The van der Waals surface area contributed by atoms with Crippen LogP contribution in [0.25, 0.3) is 0 Å². The van der Waals surface area contributed by atoms with Crippen LogP contribution in [0.1, 0.15) is 54.1 Å². The van der Waals surface area contributed by atoms with Crippen molar-refractivity contribution in [2.75, 3.05) is 32.6 Å². The molecule has 2 aliphatic heterocycles. The normalized spacial score (nSPS) is 14.2. The number of benzene rings is 4. The van der Waals surface area contributed by atoms with Crippen LogP contribution < -0.4 is 29.2 Å². The van der Waals surface area contributed by atoms with Gasteiger partial charge in [-0.2, -0.15) is 0 Å². The number of carbonyl (C=O) groups is 4. The Morgan fingerprint density at radius 3 is 1.55 bits per heavy atom. The Morgan fingerprint density at radius 2 is 1.14 bits per heavy atom. The third-order valence-corrected chi connectivity index (χ3v) is 13.7. The van der Waals surface area contributed by atoms with Gasteiger partial charge in [0, 0.05) is 82.2 Å². The molecule has 2 atom stereocenters. The molecule has 362 valence electrons. The topological polar surface area (TPSA) is 216 Å². The van der Waals surface area contributed by atoms with E-state index in [9.17, 15) is 46.2 Å². The minimum atomic E-state index is -3.44. The molecule has 4 aromatic rings. The van der Waals surface area contributed by atoms with Crippen LogP contribution in [0.4, 0.5) is 0 Å². The van der Waals surface area contributed by atoms with Crippen LogP contribution in [0, 0.1) is 0 Å². The quantitative estimate of drug-likeness (QED) is 0.106. The summed E-state index contributed by atoms with van der Waals surface area (Å²) in [6, 6.07) is 12.7. The van der Waals surface area contributed by atoms with Gasteiger partial charge in [-0.05, 0) is 96.2 Å². The molecule has 0 unspecified atom stereocenters. The first-order valence-corrected chi connectivity index (χ1v) is 43.2. The van der Waals surface area contributed by atoms with Gasteiger partial charge in [-0.3, -0.25) is 9.59 Å². The SMILES string of the molecule is CN1CCc2c(cc(Cl)c(C(=O)N[C@@H](Cc3cccc(S(C)(=O)=O)c3)C(=O)O)c2Cl)C1.CS(=O)(=O)c1cccc(C[C@H](NC(=O)c2c(Cl)cc3c(c2Cl)CCNC3)C(=O)O)c1.II.I[I-]I. The molecule has 25 heteroatoms. The summed E-state index contributed by atoms with van der Waals surface area (Å²) in [5.74, 6) is -3.91. The molecule has 0 aliphatic carbocycles. The Morgan fingerprint density at radius 1 is 0.727 bits per heavy atom. The predicted octanol–water partition coefficient (Wildman–Crippen LogP) is 5.83. The molecular formula is C41H42Cl4I5N4O10S2-. The van der Waals surface area contributed by atoms with Gasteiger partial charge in [0.05, 0.1) is 41.0 Å². The maximum atomic E-state index is 12.9. The molecule has 4 aromatic carbocycles. The zero-order valence-electron chi connectivity index (χ0n) is 34.9. The minimum absolute atomic E-state index is 0.0371. The summed E-state index contributed by atoms with van der Waals surface area (Å²) in [7, 11) is -4.91. The van der Waals surface area contributed by atoms with Crippen molar-refractivity contribution < 1.29 is 59.5 Å². The molecule has 14 nitrogen and oxygen atoms in total. The number of sulfone groups is 2. The van der Waals surface area contributed by atoms with E-state index in [1.807, 2.05) is 7.05 Å². The van der Waals surface area contributed by atoms with Crippen LogP contribution in [-0.4, -0.2) is 100 Å². The van der Waals surface area contributed by atoms with Gasteiger partial charge in [0.15, 0.2) is 19.7 Å². The van der Waals surface area contributed by atoms with Gasteiger partial charge in [-0.1, -0.05) is 70.7 Å². The first-order valence-electron chi connectivity index (χ1n) is 19.0. The molecule has 0 aromatic heterocycles. The maximum absolute atomic E-state index is 12.9.